The Hall–Kier alpha value is -2.46. The molecular weight excluding hydrogens is 513 g/mol. The molecular formula is C23H29BrFN3O4S. The van der Waals surface area contributed by atoms with Crippen molar-refractivity contribution in [3.63, 3.8) is 0 Å². The van der Waals surface area contributed by atoms with E-state index < -0.39 is 39.9 Å². The second-order valence-corrected chi connectivity index (χ2v) is 11.6. The van der Waals surface area contributed by atoms with E-state index in [0.29, 0.717) is 4.31 Å². The van der Waals surface area contributed by atoms with Crippen molar-refractivity contribution in [2.45, 2.75) is 45.8 Å². The van der Waals surface area contributed by atoms with Gasteiger partial charge in [0.15, 0.2) is 0 Å². The minimum Gasteiger partial charge on any atom is -0.350 e. The summed E-state index contributed by atoms with van der Waals surface area (Å²) in [4.78, 5) is 27.5. The van der Waals surface area contributed by atoms with Crippen LogP contribution >= 0.6 is 15.9 Å². The SMILES string of the molecule is C[C@H](C(=O)NC(C)(C)C)N(Cc1ccc(Br)cc1)C(=O)CN(c1ccccc1F)S(C)(=O)=O. The summed E-state index contributed by atoms with van der Waals surface area (Å²) in [5.74, 6) is -1.79. The number of rotatable bonds is 8. The van der Waals surface area contributed by atoms with Gasteiger partial charge in [0.2, 0.25) is 21.8 Å². The predicted molar refractivity (Wildman–Crippen MR) is 131 cm³/mol. The Morgan fingerprint density at radius 3 is 2.18 bits per heavy atom. The van der Waals surface area contributed by atoms with Gasteiger partial charge < -0.3 is 10.2 Å². The van der Waals surface area contributed by atoms with Gasteiger partial charge in [0.05, 0.1) is 11.9 Å². The number of nitrogens with one attached hydrogen (secondary N) is 1. The van der Waals surface area contributed by atoms with Crippen LogP contribution in [0.3, 0.4) is 0 Å². The van der Waals surface area contributed by atoms with Crippen molar-refractivity contribution >= 4 is 43.5 Å². The first kappa shape index (κ1) is 26.8. The zero-order valence-corrected chi connectivity index (χ0v) is 21.7. The van der Waals surface area contributed by atoms with Gasteiger partial charge in [-0.15, -0.1) is 0 Å². The fourth-order valence-corrected chi connectivity index (χ4v) is 4.21. The molecule has 1 N–H and O–H groups in total. The molecule has 2 rings (SSSR count). The van der Waals surface area contributed by atoms with Crippen molar-refractivity contribution < 1.29 is 22.4 Å². The number of nitrogens with zero attached hydrogens (tertiary/aromatic N) is 2. The summed E-state index contributed by atoms with van der Waals surface area (Å²) < 4.78 is 40.8. The van der Waals surface area contributed by atoms with E-state index >= 15 is 0 Å². The van der Waals surface area contributed by atoms with Crippen LogP contribution in [0, 0.1) is 5.82 Å². The minimum atomic E-state index is -3.98. The van der Waals surface area contributed by atoms with Gasteiger partial charge in [-0.25, -0.2) is 12.8 Å². The summed E-state index contributed by atoms with van der Waals surface area (Å²) in [6, 6.07) is 11.6. The molecule has 2 aromatic rings. The van der Waals surface area contributed by atoms with Gasteiger partial charge in [0.25, 0.3) is 0 Å². The molecule has 2 amide bonds. The molecule has 0 aliphatic rings. The van der Waals surface area contributed by atoms with Crippen LogP contribution in [0.2, 0.25) is 0 Å². The molecule has 0 heterocycles. The standard InChI is InChI=1S/C23H29BrFN3O4S/c1-16(22(30)26-23(2,3)4)27(14-17-10-12-18(24)13-11-17)21(29)15-28(33(5,31)32)20-9-7-6-8-19(20)25/h6-13,16H,14-15H2,1-5H3,(H,26,30)/t16-/m1/s1. The number of hydrogen-bond donors (Lipinski definition) is 1. The number of carbonyl (C=O) groups is 2. The first-order valence-corrected chi connectivity index (χ1v) is 12.9. The molecule has 7 nitrogen and oxygen atoms in total. The third-order valence-electron chi connectivity index (χ3n) is 4.73. The maximum absolute atomic E-state index is 14.4. The van der Waals surface area contributed by atoms with Crippen LogP contribution < -0.4 is 9.62 Å². The van der Waals surface area contributed by atoms with Gasteiger partial charge in [0.1, 0.15) is 18.4 Å². The molecule has 0 saturated heterocycles. The molecule has 10 heteroatoms. The van der Waals surface area contributed by atoms with Gasteiger partial charge >= 0.3 is 0 Å². The normalized spacial score (nSPS) is 12.7. The molecule has 180 valence electrons. The van der Waals surface area contributed by atoms with Crippen LogP contribution in [0.25, 0.3) is 0 Å². The first-order chi connectivity index (χ1) is 15.2. The average molecular weight is 542 g/mol. The lowest BCUT2D eigenvalue weighted by Crippen LogP contribution is -2.54. The lowest BCUT2D eigenvalue weighted by molar-refractivity contribution is -0.140. The third kappa shape index (κ3) is 7.82. The zero-order chi connectivity index (χ0) is 25.0. The number of sulfonamides is 1. The maximum atomic E-state index is 14.4. The molecule has 0 bridgehead atoms. The van der Waals surface area contributed by atoms with Crippen LogP contribution in [-0.4, -0.2) is 49.5 Å². The number of hydrogen-bond acceptors (Lipinski definition) is 4. The molecule has 0 fully saturated rings. The van der Waals surface area contributed by atoms with E-state index in [2.05, 4.69) is 21.2 Å². The van der Waals surface area contributed by atoms with Crippen LogP contribution in [-0.2, 0) is 26.2 Å². The highest BCUT2D eigenvalue weighted by Crippen LogP contribution is 2.22. The first-order valence-electron chi connectivity index (χ1n) is 10.3. The lowest BCUT2D eigenvalue weighted by Gasteiger charge is -2.33. The lowest BCUT2D eigenvalue weighted by atomic mass is 10.1. The van der Waals surface area contributed by atoms with E-state index in [9.17, 15) is 22.4 Å². The van der Waals surface area contributed by atoms with Crippen molar-refractivity contribution in [3.05, 3.63) is 64.4 Å². The minimum absolute atomic E-state index is 0.0692. The van der Waals surface area contributed by atoms with E-state index in [1.54, 1.807) is 31.2 Å². The Morgan fingerprint density at radius 2 is 1.67 bits per heavy atom. The number of benzene rings is 2. The van der Waals surface area contributed by atoms with Gasteiger partial charge in [-0.1, -0.05) is 40.2 Å². The molecule has 0 aliphatic carbocycles. The monoisotopic (exact) mass is 541 g/mol. The summed E-state index contributed by atoms with van der Waals surface area (Å²) in [7, 11) is -3.98. The molecule has 33 heavy (non-hydrogen) atoms. The van der Waals surface area contributed by atoms with Crippen molar-refractivity contribution in [3.8, 4) is 0 Å². The van der Waals surface area contributed by atoms with E-state index in [-0.39, 0.29) is 18.1 Å². The number of amides is 2. The average Bonchev–Trinajstić information content (AvgIpc) is 2.69. The molecule has 1 atom stereocenters. The number of anilines is 1. The van der Waals surface area contributed by atoms with Crippen molar-refractivity contribution in [2.24, 2.45) is 0 Å². The van der Waals surface area contributed by atoms with Crippen LogP contribution in [0.1, 0.15) is 33.3 Å². The summed E-state index contributed by atoms with van der Waals surface area (Å²) >= 11 is 3.36. The number of halogens is 2. The summed E-state index contributed by atoms with van der Waals surface area (Å²) in [6.45, 7) is 6.46. The molecule has 0 spiro atoms. The maximum Gasteiger partial charge on any atom is 0.244 e. The van der Waals surface area contributed by atoms with Crippen molar-refractivity contribution in [1.29, 1.82) is 0 Å². The predicted octanol–water partition coefficient (Wildman–Crippen LogP) is 3.69. The summed E-state index contributed by atoms with van der Waals surface area (Å²) in [5.41, 5.74) is -0.00798. The summed E-state index contributed by atoms with van der Waals surface area (Å²) in [6.07, 6.45) is 0.904. The number of para-hydroxylation sites is 1. The molecule has 0 radical (unpaired) electrons. The van der Waals surface area contributed by atoms with Gasteiger partial charge in [0, 0.05) is 16.6 Å². The smallest absolute Gasteiger partial charge is 0.244 e. The highest BCUT2D eigenvalue weighted by Gasteiger charge is 2.32. The molecule has 0 unspecified atom stereocenters. The Kier molecular flexibility index (Phi) is 8.64. The highest BCUT2D eigenvalue weighted by molar-refractivity contribution is 9.10. The molecule has 0 aliphatic heterocycles. The fraction of sp³-hybridized carbons (Fsp3) is 0.391. The molecule has 2 aromatic carbocycles. The zero-order valence-electron chi connectivity index (χ0n) is 19.3. The Labute approximate surface area is 203 Å². The van der Waals surface area contributed by atoms with E-state index in [1.807, 2.05) is 20.8 Å². The largest absolute Gasteiger partial charge is 0.350 e. The van der Waals surface area contributed by atoms with E-state index in [0.717, 1.165) is 22.4 Å². The highest BCUT2D eigenvalue weighted by atomic mass is 79.9. The van der Waals surface area contributed by atoms with Crippen LogP contribution in [0.4, 0.5) is 10.1 Å². The molecule has 0 aromatic heterocycles. The van der Waals surface area contributed by atoms with Crippen LogP contribution in [0.5, 0.6) is 0 Å². The Bertz CT molecular complexity index is 1100. The Morgan fingerprint density at radius 1 is 1.09 bits per heavy atom. The van der Waals surface area contributed by atoms with Gasteiger partial charge in [-0.2, -0.15) is 0 Å². The topological polar surface area (TPSA) is 86.8 Å². The number of carbonyl (C=O) groups excluding carboxylic acids is 2. The van der Waals surface area contributed by atoms with Gasteiger partial charge in [-0.05, 0) is 57.5 Å². The van der Waals surface area contributed by atoms with E-state index in [4.69, 9.17) is 0 Å². The fourth-order valence-electron chi connectivity index (χ4n) is 3.09. The van der Waals surface area contributed by atoms with Gasteiger partial charge in [-0.3, -0.25) is 13.9 Å². The quantitative estimate of drug-likeness (QED) is 0.552. The molecule has 0 saturated carbocycles. The van der Waals surface area contributed by atoms with Crippen molar-refractivity contribution in [2.75, 3.05) is 17.1 Å². The second kappa shape index (κ2) is 10.6. The third-order valence-corrected chi connectivity index (χ3v) is 6.39. The second-order valence-electron chi connectivity index (χ2n) is 8.78. The summed E-state index contributed by atoms with van der Waals surface area (Å²) in [5, 5.41) is 2.84. The van der Waals surface area contributed by atoms with E-state index in [1.165, 1.54) is 23.1 Å². The van der Waals surface area contributed by atoms with Crippen LogP contribution in [0.15, 0.2) is 53.0 Å². The van der Waals surface area contributed by atoms with Crippen molar-refractivity contribution in [1.82, 2.24) is 10.2 Å². The Balaban J connectivity index is 2.41.